The molecule has 4 heterocycles. The number of likely N-dealkylation sites (N-methyl/N-ethyl adjacent to an activating group) is 1. The van der Waals surface area contributed by atoms with Gasteiger partial charge in [0.15, 0.2) is 22.8 Å². The number of hydrogen-bond donors (Lipinski definition) is 3. The van der Waals surface area contributed by atoms with Crippen LogP contribution in [0.1, 0.15) is 47.8 Å². The lowest BCUT2D eigenvalue weighted by Crippen LogP contribution is -2.44. The Morgan fingerprint density at radius 1 is 1.19 bits per heavy atom. The largest absolute Gasteiger partial charge is 0.346 e. The highest BCUT2D eigenvalue weighted by Gasteiger charge is 2.24. The van der Waals surface area contributed by atoms with Crippen LogP contribution in [0.15, 0.2) is 18.7 Å². The Hall–Kier alpha value is -3.12. The van der Waals surface area contributed by atoms with Crippen LogP contribution in [-0.4, -0.2) is 74.9 Å². The maximum atomic E-state index is 13.0. The van der Waals surface area contributed by atoms with Crippen molar-refractivity contribution in [3.8, 4) is 0 Å². The zero-order chi connectivity index (χ0) is 22.5. The molecule has 32 heavy (non-hydrogen) atoms. The summed E-state index contributed by atoms with van der Waals surface area (Å²) >= 11 is 1.34. The van der Waals surface area contributed by atoms with E-state index in [2.05, 4.69) is 52.4 Å². The van der Waals surface area contributed by atoms with E-state index in [-0.39, 0.29) is 11.8 Å². The fraction of sp³-hybridized carbons (Fsp3) is 0.500. The van der Waals surface area contributed by atoms with Gasteiger partial charge in [0.2, 0.25) is 5.91 Å². The van der Waals surface area contributed by atoms with Crippen molar-refractivity contribution in [3.63, 3.8) is 0 Å². The number of imidazole rings is 1. The van der Waals surface area contributed by atoms with E-state index in [1.165, 1.54) is 17.7 Å². The molecule has 1 atom stereocenters. The van der Waals surface area contributed by atoms with Crippen LogP contribution in [0.25, 0.3) is 11.2 Å². The average Bonchev–Trinajstić information content (AvgIpc) is 3.45. The first-order chi connectivity index (χ1) is 15.5. The van der Waals surface area contributed by atoms with Crippen molar-refractivity contribution >= 4 is 39.4 Å². The van der Waals surface area contributed by atoms with Crippen LogP contribution in [0, 0.1) is 0 Å². The summed E-state index contributed by atoms with van der Waals surface area (Å²) in [7, 11) is 2.09. The van der Waals surface area contributed by atoms with E-state index < -0.39 is 6.17 Å². The monoisotopic (exact) mass is 457 g/mol. The molecule has 0 aliphatic carbocycles. The molecular weight excluding hydrogens is 430 g/mol. The molecule has 12 heteroatoms. The number of aromatic amines is 1. The zero-order valence-corrected chi connectivity index (χ0v) is 19.0. The van der Waals surface area contributed by atoms with E-state index >= 15 is 0 Å². The van der Waals surface area contributed by atoms with Gasteiger partial charge < -0.3 is 25.4 Å². The van der Waals surface area contributed by atoms with Gasteiger partial charge in [-0.25, -0.2) is 19.9 Å². The molecule has 1 unspecified atom stereocenters. The molecule has 0 saturated carbocycles. The molecule has 170 valence electrons. The van der Waals surface area contributed by atoms with E-state index in [1.54, 1.807) is 12.4 Å². The number of unbranched alkanes of at least 4 members (excludes halogenated alkanes) is 1. The van der Waals surface area contributed by atoms with Gasteiger partial charge in [0.25, 0.3) is 5.91 Å². The Balaban J connectivity index is 1.50. The highest BCUT2D eigenvalue weighted by Crippen LogP contribution is 2.24. The number of aromatic nitrogens is 5. The summed E-state index contributed by atoms with van der Waals surface area (Å²) in [5, 5.41) is 6.56. The predicted octanol–water partition coefficient (Wildman–Crippen LogP) is 1.30. The number of anilines is 1. The lowest BCUT2D eigenvalue weighted by atomic mass is 10.2. The van der Waals surface area contributed by atoms with Crippen molar-refractivity contribution in [1.82, 2.24) is 40.5 Å². The van der Waals surface area contributed by atoms with E-state index in [0.29, 0.717) is 28.3 Å². The smallest absolute Gasteiger partial charge is 0.265 e. The SMILES string of the molecule is CCCCC(=O)NC(NC(=O)c1cnc(N2CCN(C)CC2)s1)c1nc2ncncc2[nH]1. The van der Waals surface area contributed by atoms with E-state index in [0.717, 1.165) is 44.2 Å². The molecule has 0 spiro atoms. The number of H-pyrrole nitrogens is 1. The minimum absolute atomic E-state index is 0.161. The maximum absolute atomic E-state index is 13.0. The molecule has 1 saturated heterocycles. The highest BCUT2D eigenvalue weighted by atomic mass is 32.1. The molecule has 0 radical (unpaired) electrons. The highest BCUT2D eigenvalue weighted by molar-refractivity contribution is 7.17. The van der Waals surface area contributed by atoms with Crippen molar-refractivity contribution in [2.24, 2.45) is 0 Å². The van der Waals surface area contributed by atoms with Crippen molar-refractivity contribution in [2.75, 3.05) is 38.1 Å². The molecule has 1 fully saturated rings. The van der Waals surface area contributed by atoms with Crippen LogP contribution in [0.5, 0.6) is 0 Å². The fourth-order valence-electron chi connectivity index (χ4n) is 3.38. The molecular formula is C20H27N9O2S. The van der Waals surface area contributed by atoms with E-state index in [1.807, 2.05) is 6.92 Å². The molecule has 3 N–H and O–H groups in total. The van der Waals surface area contributed by atoms with Crippen LogP contribution in [0.3, 0.4) is 0 Å². The van der Waals surface area contributed by atoms with Gasteiger partial charge in [-0.1, -0.05) is 24.7 Å². The van der Waals surface area contributed by atoms with Crippen molar-refractivity contribution in [1.29, 1.82) is 0 Å². The molecule has 0 bridgehead atoms. The summed E-state index contributed by atoms with van der Waals surface area (Å²) in [6.07, 6.45) is 5.79. The summed E-state index contributed by atoms with van der Waals surface area (Å²) in [5.41, 5.74) is 1.09. The summed E-state index contributed by atoms with van der Waals surface area (Å²) in [5.74, 6) is -0.0937. The van der Waals surface area contributed by atoms with Gasteiger partial charge in [0.1, 0.15) is 16.7 Å². The van der Waals surface area contributed by atoms with Crippen LogP contribution >= 0.6 is 11.3 Å². The Bertz CT molecular complexity index is 1040. The number of carbonyl (C=O) groups excluding carboxylic acids is 2. The molecule has 4 rings (SSSR count). The van der Waals surface area contributed by atoms with Gasteiger partial charge in [-0.15, -0.1) is 0 Å². The molecule has 1 aliphatic heterocycles. The number of amides is 2. The standard InChI is InChI=1S/C20H27N9O2S/c1-3-4-5-15(30)25-18(17-24-13-10-21-12-23-16(13)26-17)27-19(31)14-11-22-20(32-14)29-8-6-28(2)7-9-29/h10-12,18H,3-9H2,1-2H3,(H,25,30)(H,27,31)(H,21,23,24,26). The molecule has 3 aromatic rings. The number of fused-ring (bicyclic) bond motifs is 1. The number of hydrogen-bond acceptors (Lipinski definition) is 9. The number of nitrogens with zero attached hydrogens (tertiary/aromatic N) is 6. The van der Waals surface area contributed by atoms with Gasteiger partial charge >= 0.3 is 0 Å². The van der Waals surface area contributed by atoms with Crippen molar-refractivity contribution in [2.45, 2.75) is 32.4 Å². The molecule has 1 aliphatic rings. The number of nitrogens with one attached hydrogen (secondary N) is 3. The average molecular weight is 458 g/mol. The lowest BCUT2D eigenvalue weighted by Gasteiger charge is -2.32. The second kappa shape index (κ2) is 10.0. The second-order valence-electron chi connectivity index (χ2n) is 7.76. The fourth-order valence-corrected chi connectivity index (χ4v) is 4.25. The maximum Gasteiger partial charge on any atom is 0.265 e. The second-order valence-corrected chi connectivity index (χ2v) is 8.77. The van der Waals surface area contributed by atoms with Crippen LogP contribution < -0.4 is 15.5 Å². The minimum Gasteiger partial charge on any atom is -0.346 e. The first-order valence-electron chi connectivity index (χ1n) is 10.7. The zero-order valence-electron chi connectivity index (χ0n) is 18.2. The summed E-state index contributed by atoms with van der Waals surface area (Å²) in [6, 6.07) is 0. The molecule has 11 nitrogen and oxygen atoms in total. The van der Waals surface area contributed by atoms with E-state index in [9.17, 15) is 9.59 Å². The first kappa shape index (κ1) is 22.1. The Labute approximate surface area is 189 Å². The van der Waals surface area contributed by atoms with Crippen molar-refractivity contribution < 1.29 is 9.59 Å². The first-order valence-corrected chi connectivity index (χ1v) is 11.5. The normalized spacial score (nSPS) is 15.6. The predicted molar refractivity (Wildman–Crippen MR) is 121 cm³/mol. The van der Waals surface area contributed by atoms with Crippen LogP contribution in [-0.2, 0) is 4.79 Å². The Morgan fingerprint density at radius 3 is 2.75 bits per heavy atom. The van der Waals surface area contributed by atoms with Gasteiger partial charge in [-0.3, -0.25) is 9.59 Å². The van der Waals surface area contributed by atoms with Gasteiger partial charge in [0, 0.05) is 32.6 Å². The molecule has 0 aromatic carbocycles. The van der Waals surface area contributed by atoms with Gasteiger partial charge in [0.05, 0.1) is 12.4 Å². The molecule has 2 amide bonds. The number of carbonyl (C=O) groups is 2. The Morgan fingerprint density at radius 2 is 2.00 bits per heavy atom. The molecule has 3 aromatic heterocycles. The summed E-state index contributed by atoms with van der Waals surface area (Å²) in [4.78, 5) is 50.4. The quantitative estimate of drug-likeness (QED) is 0.431. The third-order valence-electron chi connectivity index (χ3n) is 5.28. The summed E-state index contributed by atoms with van der Waals surface area (Å²) in [6.45, 7) is 5.69. The number of piperazine rings is 1. The Kier molecular flexibility index (Phi) is 6.90. The summed E-state index contributed by atoms with van der Waals surface area (Å²) < 4.78 is 0. The number of thiazole rings is 1. The minimum atomic E-state index is -0.824. The van der Waals surface area contributed by atoms with Crippen LogP contribution in [0.2, 0.25) is 0 Å². The topological polar surface area (TPSA) is 132 Å². The third-order valence-corrected chi connectivity index (χ3v) is 6.34. The van der Waals surface area contributed by atoms with Crippen molar-refractivity contribution in [3.05, 3.63) is 29.4 Å². The van der Waals surface area contributed by atoms with Crippen LogP contribution in [0.4, 0.5) is 5.13 Å². The van der Waals surface area contributed by atoms with Gasteiger partial charge in [-0.2, -0.15) is 0 Å². The van der Waals surface area contributed by atoms with Gasteiger partial charge in [-0.05, 0) is 13.5 Å². The lowest BCUT2D eigenvalue weighted by molar-refractivity contribution is -0.122. The van der Waals surface area contributed by atoms with E-state index in [4.69, 9.17) is 0 Å². The number of rotatable bonds is 8. The third kappa shape index (κ3) is 5.19.